The number of methoxy groups -OCH3 is 1. The minimum absolute atomic E-state index is 0.348. The Morgan fingerprint density at radius 2 is 1.82 bits per heavy atom. The van der Waals surface area contributed by atoms with E-state index in [9.17, 15) is 0 Å². The van der Waals surface area contributed by atoms with E-state index < -0.39 is 0 Å². The molecule has 1 rings (SSSR count). The lowest BCUT2D eigenvalue weighted by Crippen LogP contribution is -1.87. The SMILES string of the molecule is [CH2]C(C)c1ccc(OC)cc1. The fourth-order valence-corrected chi connectivity index (χ4v) is 0.932. The molecule has 0 saturated heterocycles. The molecule has 0 bridgehead atoms. The highest BCUT2D eigenvalue weighted by Crippen LogP contribution is 2.17. The van der Waals surface area contributed by atoms with Crippen LogP contribution in [-0.2, 0) is 0 Å². The van der Waals surface area contributed by atoms with Gasteiger partial charge in [-0.2, -0.15) is 0 Å². The zero-order valence-electron chi connectivity index (χ0n) is 7.00. The molecule has 11 heavy (non-hydrogen) atoms. The smallest absolute Gasteiger partial charge is 0.118 e. The molecule has 1 aromatic rings. The van der Waals surface area contributed by atoms with Gasteiger partial charge in [-0.1, -0.05) is 19.1 Å². The summed E-state index contributed by atoms with van der Waals surface area (Å²) in [5.41, 5.74) is 1.24. The highest BCUT2D eigenvalue weighted by atomic mass is 16.5. The second-order valence-corrected chi connectivity index (χ2v) is 2.67. The highest BCUT2D eigenvalue weighted by molar-refractivity contribution is 5.29. The van der Waals surface area contributed by atoms with Gasteiger partial charge >= 0.3 is 0 Å². The molecule has 59 valence electrons. The van der Waals surface area contributed by atoms with E-state index in [1.54, 1.807) is 7.11 Å². The van der Waals surface area contributed by atoms with Gasteiger partial charge in [0.25, 0.3) is 0 Å². The van der Waals surface area contributed by atoms with Crippen LogP contribution in [0.15, 0.2) is 24.3 Å². The molecule has 1 aromatic carbocycles. The van der Waals surface area contributed by atoms with Gasteiger partial charge in [0, 0.05) is 0 Å². The Kier molecular flexibility index (Phi) is 2.53. The molecular weight excluding hydrogens is 136 g/mol. The molecular formula is C10H13O. The Morgan fingerprint density at radius 3 is 2.18 bits per heavy atom. The van der Waals surface area contributed by atoms with Gasteiger partial charge in [0.05, 0.1) is 7.11 Å². The van der Waals surface area contributed by atoms with Crippen molar-refractivity contribution in [2.45, 2.75) is 12.8 Å². The van der Waals surface area contributed by atoms with Gasteiger partial charge in [-0.3, -0.25) is 0 Å². The molecule has 1 radical (unpaired) electrons. The number of rotatable bonds is 2. The van der Waals surface area contributed by atoms with Crippen LogP contribution in [0.3, 0.4) is 0 Å². The second kappa shape index (κ2) is 3.42. The summed E-state index contributed by atoms with van der Waals surface area (Å²) in [6, 6.07) is 7.99. The summed E-state index contributed by atoms with van der Waals surface area (Å²) in [5, 5.41) is 0. The van der Waals surface area contributed by atoms with Crippen LogP contribution in [0.1, 0.15) is 18.4 Å². The number of ether oxygens (including phenoxy) is 1. The predicted molar refractivity (Wildman–Crippen MR) is 46.8 cm³/mol. The molecule has 1 unspecified atom stereocenters. The van der Waals surface area contributed by atoms with Crippen LogP contribution >= 0.6 is 0 Å². The van der Waals surface area contributed by atoms with Gasteiger partial charge in [-0.15, -0.1) is 0 Å². The van der Waals surface area contributed by atoms with Crippen molar-refractivity contribution in [3.8, 4) is 5.75 Å². The molecule has 1 heteroatoms. The third kappa shape index (κ3) is 1.97. The van der Waals surface area contributed by atoms with Crippen molar-refractivity contribution in [1.29, 1.82) is 0 Å². The summed E-state index contributed by atoms with van der Waals surface area (Å²) >= 11 is 0. The van der Waals surface area contributed by atoms with Crippen LogP contribution < -0.4 is 4.74 Å². The zero-order chi connectivity index (χ0) is 8.27. The van der Waals surface area contributed by atoms with Gasteiger partial charge in [-0.05, 0) is 30.5 Å². The molecule has 0 saturated carbocycles. The van der Waals surface area contributed by atoms with E-state index in [-0.39, 0.29) is 0 Å². The lowest BCUT2D eigenvalue weighted by atomic mass is 10.0. The molecule has 0 aliphatic rings. The highest BCUT2D eigenvalue weighted by Gasteiger charge is 1.97. The van der Waals surface area contributed by atoms with Gasteiger partial charge in [-0.25, -0.2) is 0 Å². The first kappa shape index (κ1) is 8.12. The van der Waals surface area contributed by atoms with E-state index in [0.717, 1.165) is 5.75 Å². The van der Waals surface area contributed by atoms with E-state index in [4.69, 9.17) is 4.74 Å². The first-order chi connectivity index (χ1) is 5.24. The van der Waals surface area contributed by atoms with Gasteiger partial charge in [0.1, 0.15) is 5.75 Å². The molecule has 0 N–H and O–H groups in total. The average Bonchev–Trinajstić information content (AvgIpc) is 2.05. The summed E-state index contributed by atoms with van der Waals surface area (Å²) in [7, 11) is 1.67. The largest absolute Gasteiger partial charge is 0.497 e. The second-order valence-electron chi connectivity index (χ2n) is 2.67. The molecule has 0 aromatic heterocycles. The van der Waals surface area contributed by atoms with E-state index in [1.807, 2.05) is 24.3 Å². The summed E-state index contributed by atoms with van der Waals surface area (Å²) in [6.45, 7) is 5.99. The Balaban J connectivity index is 2.83. The molecule has 0 heterocycles. The summed E-state index contributed by atoms with van der Waals surface area (Å²) in [6.07, 6.45) is 0. The molecule has 1 atom stereocenters. The topological polar surface area (TPSA) is 9.23 Å². The lowest BCUT2D eigenvalue weighted by molar-refractivity contribution is 0.414. The van der Waals surface area contributed by atoms with Crippen molar-refractivity contribution in [3.63, 3.8) is 0 Å². The third-order valence-electron chi connectivity index (χ3n) is 1.68. The maximum absolute atomic E-state index is 5.03. The van der Waals surface area contributed by atoms with Crippen molar-refractivity contribution >= 4 is 0 Å². The average molecular weight is 149 g/mol. The lowest BCUT2D eigenvalue weighted by Gasteiger charge is -2.05. The first-order valence-electron chi connectivity index (χ1n) is 3.71. The minimum atomic E-state index is 0.348. The number of benzene rings is 1. The summed E-state index contributed by atoms with van der Waals surface area (Å²) < 4.78 is 5.03. The van der Waals surface area contributed by atoms with Crippen molar-refractivity contribution < 1.29 is 4.74 Å². The molecule has 1 nitrogen and oxygen atoms in total. The standard InChI is InChI=1S/C10H13O/c1-8(2)9-4-6-10(11-3)7-5-9/h4-8H,1H2,2-3H3. The third-order valence-corrected chi connectivity index (χ3v) is 1.68. The zero-order valence-corrected chi connectivity index (χ0v) is 7.00. The van der Waals surface area contributed by atoms with Crippen molar-refractivity contribution in [3.05, 3.63) is 36.8 Å². The van der Waals surface area contributed by atoms with Crippen molar-refractivity contribution in [1.82, 2.24) is 0 Å². The van der Waals surface area contributed by atoms with Crippen LogP contribution in [0.2, 0.25) is 0 Å². The fourth-order valence-electron chi connectivity index (χ4n) is 0.932. The summed E-state index contributed by atoms with van der Waals surface area (Å²) in [4.78, 5) is 0. The van der Waals surface area contributed by atoms with E-state index >= 15 is 0 Å². The van der Waals surface area contributed by atoms with Gasteiger partial charge in [0.15, 0.2) is 0 Å². The van der Waals surface area contributed by atoms with Crippen LogP contribution in [0.5, 0.6) is 5.75 Å². The molecule has 0 fully saturated rings. The van der Waals surface area contributed by atoms with Crippen LogP contribution in [0.25, 0.3) is 0 Å². The van der Waals surface area contributed by atoms with E-state index in [2.05, 4.69) is 13.8 Å². The van der Waals surface area contributed by atoms with Crippen LogP contribution in [0, 0.1) is 6.92 Å². The molecule has 0 amide bonds. The van der Waals surface area contributed by atoms with E-state index in [1.165, 1.54) is 5.56 Å². The monoisotopic (exact) mass is 149 g/mol. The van der Waals surface area contributed by atoms with Crippen LogP contribution in [-0.4, -0.2) is 7.11 Å². The quantitative estimate of drug-likeness (QED) is 0.628. The summed E-state index contributed by atoms with van der Waals surface area (Å²) in [5.74, 6) is 1.25. The molecule has 0 aliphatic carbocycles. The normalized spacial score (nSPS) is 10.2. The van der Waals surface area contributed by atoms with Gasteiger partial charge in [0.2, 0.25) is 0 Å². The van der Waals surface area contributed by atoms with Crippen LogP contribution in [0.4, 0.5) is 0 Å². The Labute approximate surface area is 68.0 Å². The molecule has 0 aliphatic heterocycles. The molecule has 0 spiro atoms. The Morgan fingerprint density at radius 1 is 1.27 bits per heavy atom. The predicted octanol–water partition coefficient (Wildman–Crippen LogP) is 2.63. The van der Waals surface area contributed by atoms with Crippen molar-refractivity contribution in [2.24, 2.45) is 0 Å². The first-order valence-corrected chi connectivity index (χ1v) is 3.71. The Hall–Kier alpha value is -0.980. The number of hydrogen-bond donors (Lipinski definition) is 0. The Bertz CT molecular complexity index is 211. The number of hydrogen-bond acceptors (Lipinski definition) is 1. The maximum atomic E-state index is 5.03. The van der Waals surface area contributed by atoms with E-state index in [0.29, 0.717) is 5.92 Å². The van der Waals surface area contributed by atoms with Gasteiger partial charge < -0.3 is 4.74 Å². The fraction of sp³-hybridized carbons (Fsp3) is 0.300. The minimum Gasteiger partial charge on any atom is -0.497 e. The maximum Gasteiger partial charge on any atom is 0.118 e. The van der Waals surface area contributed by atoms with Crippen molar-refractivity contribution in [2.75, 3.05) is 7.11 Å².